The maximum absolute atomic E-state index is 13.9. The van der Waals surface area contributed by atoms with Crippen molar-refractivity contribution in [2.75, 3.05) is 20.0 Å². The van der Waals surface area contributed by atoms with Gasteiger partial charge in [-0.3, -0.25) is 14.2 Å². The van der Waals surface area contributed by atoms with Gasteiger partial charge in [-0.25, -0.2) is 10.4 Å². The molecule has 8 nitrogen and oxygen atoms in total. The van der Waals surface area contributed by atoms with E-state index in [1.807, 2.05) is 55.5 Å². The number of ether oxygens (including phenoxy) is 2. The van der Waals surface area contributed by atoms with Crippen LogP contribution in [0.3, 0.4) is 0 Å². The summed E-state index contributed by atoms with van der Waals surface area (Å²) in [7, 11) is 3.21. The minimum absolute atomic E-state index is 0.0497. The fourth-order valence-electron chi connectivity index (χ4n) is 4.46. The van der Waals surface area contributed by atoms with E-state index in [4.69, 9.17) is 14.5 Å². The third-order valence-electron chi connectivity index (χ3n) is 6.46. The van der Waals surface area contributed by atoms with Gasteiger partial charge in [0, 0.05) is 10.4 Å². The number of nitrogens with zero attached hydrogens (tertiary/aromatic N) is 3. The summed E-state index contributed by atoms with van der Waals surface area (Å²) in [5.41, 5.74) is 5.82. The second-order valence-corrected chi connectivity index (χ2v) is 10.9. The molecule has 0 unspecified atom stereocenters. The number of thiophene rings is 1. The Morgan fingerprint density at radius 3 is 2.63 bits per heavy atom. The van der Waals surface area contributed by atoms with Crippen LogP contribution in [0.4, 0.5) is 0 Å². The summed E-state index contributed by atoms with van der Waals surface area (Å²) < 4.78 is 12.2. The van der Waals surface area contributed by atoms with Gasteiger partial charge in [-0.15, -0.1) is 11.3 Å². The standard InChI is InChI=1S/C28H28N4O4S2/c1-17(18-7-6-8-21(15-18)36-3)30-31-24(33)16-37-28-29-26-25(22-9-4-5-10-23(22)38-26)27(34)32(28)19-11-13-20(35-2)14-12-19/h6-8,11-15H,4-5,9-10,16H2,1-3H3,(H,31,33). The quantitative estimate of drug-likeness (QED) is 0.145. The topological polar surface area (TPSA) is 94.8 Å². The van der Waals surface area contributed by atoms with Crippen molar-refractivity contribution in [3.8, 4) is 17.2 Å². The van der Waals surface area contributed by atoms with Crippen LogP contribution in [-0.4, -0.2) is 41.1 Å². The van der Waals surface area contributed by atoms with Gasteiger partial charge in [-0.05, 0) is 74.6 Å². The van der Waals surface area contributed by atoms with Crippen molar-refractivity contribution in [3.63, 3.8) is 0 Å². The van der Waals surface area contributed by atoms with Gasteiger partial charge in [0.15, 0.2) is 5.16 Å². The van der Waals surface area contributed by atoms with Crippen LogP contribution >= 0.6 is 23.1 Å². The smallest absolute Gasteiger partial charge is 0.267 e. The molecule has 2 aromatic heterocycles. The molecule has 1 aliphatic rings. The van der Waals surface area contributed by atoms with Crippen LogP contribution in [-0.2, 0) is 17.6 Å². The first-order valence-electron chi connectivity index (χ1n) is 12.3. The van der Waals surface area contributed by atoms with Gasteiger partial charge in [-0.2, -0.15) is 5.10 Å². The Bertz CT molecular complexity index is 1570. The van der Waals surface area contributed by atoms with E-state index in [1.165, 1.54) is 16.6 Å². The van der Waals surface area contributed by atoms with Gasteiger partial charge >= 0.3 is 0 Å². The van der Waals surface area contributed by atoms with E-state index >= 15 is 0 Å². The maximum Gasteiger partial charge on any atom is 0.267 e. The van der Waals surface area contributed by atoms with Crippen molar-refractivity contribution in [1.82, 2.24) is 15.0 Å². The minimum atomic E-state index is -0.293. The third kappa shape index (κ3) is 5.32. The van der Waals surface area contributed by atoms with Crippen LogP contribution in [0.5, 0.6) is 11.5 Å². The van der Waals surface area contributed by atoms with E-state index in [9.17, 15) is 9.59 Å². The molecule has 0 fully saturated rings. The SMILES string of the molecule is COc1ccc(-n2c(SCC(=O)NN=C(C)c3cccc(OC)c3)nc3sc4c(c3c2=O)CCCC4)cc1. The van der Waals surface area contributed by atoms with Gasteiger partial charge in [0.1, 0.15) is 16.3 Å². The summed E-state index contributed by atoms with van der Waals surface area (Å²) in [5, 5.41) is 5.41. The number of hydrogen-bond acceptors (Lipinski definition) is 8. The molecule has 0 saturated carbocycles. The normalized spacial score (nSPS) is 13.3. The zero-order chi connectivity index (χ0) is 26.6. The average Bonchev–Trinajstić information content (AvgIpc) is 3.33. The highest BCUT2D eigenvalue weighted by atomic mass is 32.2. The Kier molecular flexibility index (Phi) is 7.80. The van der Waals surface area contributed by atoms with Crippen molar-refractivity contribution in [3.05, 3.63) is 74.9 Å². The highest BCUT2D eigenvalue weighted by Crippen LogP contribution is 2.35. The van der Waals surface area contributed by atoms with Crippen LogP contribution < -0.4 is 20.5 Å². The molecule has 0 bridgehead atoms. The summed E-state index contributed by atoms with van der Waals surface area (Å²) in [6.07, 6.45) is 4.08. The average molecular weight is 549 g/mol. The molecule has 0 radical (unpaired) electrons. The van der Waals surface area contributed by atoms with E-state index in [2.05, 4.69) is 10.5 Å². The molecule has 1 amide bonds. The number of carbonyl (C=O) groups is 1. The first kappa shape index (κ1) is 26.0. The van der Waals surface area contributed by atoms with Crippen LogP contribution in [0, 0.1) is 0 Å². The van der Waals surface area contributed by atoms with Crippen molar-refractivity contribution in [2.24, 2.45) is 5.10 Å². The summed E-state index contributed by atoms with van der Waals surface area (Å²) in [5.74, 6) is 1.17. The fourth-order valence-corrected chi connectivity index (χ4v) is 6.57. The first-order chi connectivity index (χ1) is 18.5. The van der Waals surface area contributed by atoms with Crippen LogP contribution in [0.15, 0.2) is 63.6 Å². The van der Waals surface area contributed by atoms with Crippen molar-refractivity contribution in [1.29, 1.82) is 0 Å². The van der Waals surface area contributed by atoms with Crippen LogP contribution in [0.2, 0.25) is 0 Å². The molecule has 4 aromatic rings. The molecule has 0 spiro atoms. The fraction of sp³-hybridized carbons (Fsp3) is 0.286. The molecule has 0 atom stereocenters. The molecule has 0 saturated heterocycles. The number of carbonyl (C=O) groups excluding carboxylic acids is 1. The van der Waals surface area contributed by atoms with E-state index in [0.29, 0.717) is 33.4 Å². The van der Waals surface area contributed by atoms with Gasteiger partial charge in [0.25, 0.3) is 11.5 Å². The third-order valence-corrected chi connectivity index (χ3v) is 8.58. The monoisotopic (exact) mass is 548 g/mol. The lowest BCUT2D eigenvalue weighted by molar-refractivity contribution is -0.118. The summed E-state index contributed by atoms with van der Waals surface area (Å²) >= 11 is 2.81. The van der Waals surface area contributed by atoms with Crippen molar-refractivity contribution < 1.29 is 14.3 Å². The lowest BCUT2D eigenvalue weighted by Gasteiger charge is -2.14. The maximum atomic E-state index is 13.9. The van der Waals surface area contributed by atoms with Crippen molar-refractivity contribution >= 4 is 44.9 Å². The molecular formula is C28H28N4O4S2. The number of hydrogen-bond donors (Lipinski definition) is 1. The Hall–Kier alpha value is -3.63. The number of rotatable bonds is 8. The van der Waals surface area contributed by atoms with Crippen LogP contribution in [0.25, 0.3) is 15.9 Å². The van der Waals surface area contributed by atoms with E-state index in [-0.39, 0.29) is 17.2 Å². The second kappa shape index (κ2) is 11.4. The zero-order valence-electron chi connectivity index (χ0n) is 21.4. The van der Waals surface area contributed by atoms with Gasteiger partial charge in [-0.1, -0.05) is 23.9 Å². The summed E-state index contributed by atoms with van der Waals surface area (Å²) in [6, 6.07) is 14.8. The van der Waals surface area contributed by atoms with Gasteiger partial charge in [0.05, 0.1) is 36.8 Å². The number of hydrazone groups is 1. The zero-order valence-corrected chi connectivity index (χ0v) is 23.1. The molecule has 0 aliphatic heterocycles. The van der Waals surface area contributed by atoms with E-state index in [0.717, 1.165) is 41.6 Å². The Balaban J connectivity index is 1.43. The summed E-state index contributed by atoms with van der Waals surface area (Å²) in [4.78, 5) is 33.4. The largest absolute Gasteiger partial charge is 0.497 e. The number of fused-ring (bicyclic) bond motifs is 3. The molecule has 38 heavy (non-hydrogen) atoms. The molecule has 1 N–H and O–H groups in total. The van der Waals surface area contributed by atoms with Gasteiger partial charge < -0.3 is 9.47 Å². The lowest BCUT2D eigenvalue weighted by Crippen LogP contribution is -2.24. The first-order valence-corrected chi connectivity index (χ1v) is 14.1. The Morgan fingerprint density at radius 2 is 1.87 bits per heavy atom. The highest BCUT2D eigenvalue weighted by molar-refractivity contribution is 7.99. The highest BCUT2D eigenvalue weighted by Gasteiger charge is 2.23. The van der Waals surface area contributed by atoms with Gasteiger partial charge in [0.2, 0.25) is 0 Å². The van der Waals surface area contributed by atoms with Crippen molar-refractivity contribution in [2.45, 2.75) is 37.8 Å². The van der Waals surface area contributed by atoms with E-state index in [1.54, 1.807) is 30.1 Å². The number of thioether (sulfide) groups is 1. The Labute approximate surface area is 228 Å². The van der Waals surface area contributed by atoms with E-state index < -0.39 is 0 Å². The predicted octanol–water partition coefficient (Wildman–Crippen LogP) is 4.98. The second-order valence-electron chi connectivity index (χ2n) is 8.88. The number of aryl methyl sites for hydroxylation is 2. The number of amides is 1. The molecule has 2 aromatic carbocycles. The summed E-state index contributed by atoms with van der Waals surface area (Å²) in [6.45, 7) is 1.82. The molecule has 1 aliphatic carbocycles. The molecular weight excluding hydrogens is 520 g/mol. The molecule has 2 heterocycles. The number of nitrogens with one attached hydrogen (secondary N) is 1. The molecule has 5 rings (SSSR count). The molecule has 196 valence electrons. The molecule has 10 heteroatoms. The minimum Gasteiger partial charge on any atom is -0.497 e. The Morgan fingerprint density at radius 1 is 1.11 bits per heavy atom. The van der Waals surface area contributed by atoms with Crippen LogP contribution in [0.1, 0.15) is 35.8 Å². The lowest BCUT2D eigenvalue weighted by atomic mass is 9.97. The number of methoxy groups -OCH3 is 2. The number of benzene rings is 2. The predicted molar refractivity (Wildman–Crippen MR) is 152 cm³/mol. The number of aromatic nitrogens is 2.